The van der Waals surface area contributed by atoms with Crippen LogP contribution in [0.1, 0.15) is 48.7 Å². The van der Waals surface area contributed by atoms with Gasteiger partial charge in [-0.1, -0.05) is 28.4 Å². The number of unbranched alkanes of at least 4 members (excludes halogenated alkanes) is 2. The van der Waals surface area contributed by atoms with E-state index in [0.717, 1.165) is 25.0 Å². The molecule has 1 aromatic carbocycles. The van der Waals surface area contributed by atoms with Crippen molar-refractivity contribution in [2.75, 3.05) is 20.2 Å². The summed E-state index contributed by atoms with van der Waals surface area (Å²) in [5.74, 6) is -0.614. The van der Waals surface area contributed by atoms with E-state index in [1.807, 2.05) is 0 Å². The topological polar surface area (TPSA) is 87.3 Å². The molecule has 0 bridgehead atoms. The molecule has 0 fully saturated rings. The fraction of sp³-hybridized carbons (Fsp3) is 0.450. The van der Waals surface area contributed by atoms with Gasteiger partial charge in [0.15, 0.2) is 0 Å². The number of ether oxygens (including phenoxy) is 1. The number of imidazole rings is 1. The maximum atomic E-state index is 14.7. The van der Waals surface area contributed by atoms with Gasteiger partial charge < -0.3 is 19.9 Å². The van der Waals surface area contributed by atoms with E-state index in [1.165, 1.54) is 13.2 Å². The maximum Gasteiger partial charge on any atom is 0.318 e. The van der Waals surface area contributed by atoms with E-state index < -0.39 is 6.04 Å². The largest absolute Gasteiger partial charge is 0.469 e. The summed E-state index contributed by atoms with van der Waals surface area (Å²) in [5, 5.41) is 2.91. The minimum Gasteiger partial charge on any atom is -0.469 e. The number of nitrogens with zero attached hydrogens (tertiary/aromatic N) is 2. The van der Waals surface area contributed by atoms with Gasteiger partial charge in [-0.3, -0.25) is 4.79 Å². The SMILES string of the molecule is COC(=O)CCCCCNC(=O)N1CCc2[nH]cnc2C1c1ccc(Br)cc1F. The third kappa shape index (κ3) is 5.14. The molecule has 1 aliphatic heterocycles. The molecule has 3 rings (SSSR count). The zero-order valence-electron chi connectivity index (χ0n) is 16.2. The van der Waals surface area contributed by atoms with Gasteiger partial charge in [0.1, 0.15) is 11.9 Å². The van der Waals surface area contributed by atoms with Crippen LogP contribution >= 0.6 is 15.9 Å². The molecule has 1 aliphatic rings. The van der Waals surface area contributed by atoms with Gasteiger partial charge in [-0.05, 0) is 25.0 Å². The molecule has 2 aromatic rings. The number of esters is 1. The molecule has 0 aliphatic carbocycles. The van der Waals surface area contributed by atoms with Gasteiger partial charge >= 0.3 is 12.0 Å². The lowest BCUT2D eigenvalue weighted by Crippen LogP contribution is -2.46. The zero-order chi connectivity index (χ0) is 20.8. The van der Waals surface area contributed by atoms with Crippen molar-refractivity contribution in [2.24, 2.45) is 0 Å². The van der Waals surface area contributed by atoms with E-state index in [2.05, 4.69) is 36.0 Å². The number of fused-ring (bicyclic) bond motifs is 1. The number of halogens is 2. The van der Waals surface area contributed by atoms with E-state index in [0.29, 0.717) is 41.7 Å². The van der Waals surface area contributed by atoms with Crippen molar-refractivity contribution in [1.29, 1.82) is 0 Å². The second-order valence-electron chi connectivity index (χ2n) is 6.90. The Morgan fingerprint density at radius 3 is 2.97 bits per heavy atom. The number of H-pyrrole nitrogens is 1. The Morgan fingerprint density at radius 2 is 2.21 bits per heavy atom. The van der Waals surface area contributed by atoms with E-state index in [1.54, 1.807) is 23.4 Å². The maximum absolute atomic E-state index is 14.7. The van der Waals surface area contributed by atoms with Gasteiger partial charge in [0.25, 0.3) is 0 Å². The molecule has 1 atom stereocenters. The quantitative estimate of drug-likeness (QED) is 0.480. The lowest BCUT2D eigenvalue weighted by Gasteiger charge is -2.35. The van der Waals surface area contributed by atoms with Crippen molar-refractivity contribution in [2.45, 2.75) is 38.1 Å². The molecule has 156 valence electrons. The number of benzene rings is 1. The molecule has 9 heteroatoms. The number of amides is 2. The van der Waals surface area contributed by atoms with Crippen LogP contribution in [0.4, 0.5) is 9.18 Å². The van der Waals surface area contributed by atoms with E-state index in [4.69, 9.17) is 0 Å². The highest BCUT2D eigenvalue weighted by atomic mass is 79.9. The summed E-state index contributed by atoms with van der Waals surface area (Å²) < 4.78 is 19.9. The van der Waals surface area contributed by atoms with Crippen LogP contribution in [0.5, 0.6) is 0 Å². The van der Waals surface area contributed by atoms with Crippen LogP contribution in [0, 0.1) is 5.82 Å². The Kier molecular flexibility index (Phi) is 7.24. The summed E-state index contributed by atoms with van der Waals surface area (Å²) in [5.41, 5.74) is 2.00. The van der Waals surface area contributed by atoms with Crippen LogP contribution in [-0.2, 0) is 16.0 Å². The van der Waals surface area contributed by atoms with Crippen molar-refractivity contribution in [1.82, 2.24) is 20.2 Å². The fourth-order valence-electron chi connectivity index (χ4n) is 3.50. The normalized spacial score (nSPS) is 15.7. The molecule has 0 spiro atoms. The number of aromatic nitrogens is 2. The summed E-state index contributed by atoms with van der Waals surface area (Å²) in [6.07, 6.45) is 4.87. The average Bonchev–Trinajstić information content (AvgIpc) is 3.18. The first-order valence-corrected chi connectivity index (χ1v) is 10.4. The first kappa shape index (κ1) is 21.3. The molecule has 0 saturated carbocycles. The summed E-state index contributed by atoms with van der Waals surface area (Å²) in [6, 6.07) is 4.00. The van der Waals surface area contributed by atoms with Crippen molar-refractivity contribution in [3.05, 3.63) is 51.8 Å². The van der Waals surface area contributed by atoms with Crippen molar-refractivity contribution in [3.8, 4) is 0 Å². The lowest BCUT2D eigenvalue weighted by molar-refractivity contribution is -0.140. The van der Waals surface area contributed by atoms with Crippen LogP contribution in [0.2, 0.25) is 0 Å². The number of methoxy groups -OCH3 is 1. The molecular weight excluding hydrogens is 443 g/mol. The standard InChI is InChI=1S/C20H24BrFN4O3/c1-29-17(27)5-3-2-4-9-23-20(28)26-10-8-16-18(25-12-24-16)19(26)14-7-6-13(21)11-15(14)22/h6-7,11-12,19H,2-5,8-10H2,1H3,(H,23,28)(H,24,25). The van der Waals surface area contributed by atoms with Crippen molar-refractivity contribution < 1.29 is 18.7 Å². The van der Waals surface area contributed by atoms with Crippen LogP contribution in [0.25, 0.3) is 0 Å². The summed E-state index contributed by atoms with van der Waals surface area (Å²) in [4.78, 5) is 33.0. The molecule has 1 aromatic heterocycles. The van der Waals surface area contributed by atoms with Crippen LogP contribution in [-0.4, -0.2) is 47.1 Å². The van der Waals surface area contributed by atoms with Gasteiger partial charge in [-0.15, -0.1) is 0 Å². The minimum absolute atomic E-state index is 0.225. The Hall–Kier alpha value is -2.42. The second kappa shape index (κ2) is 9.87. The Morgan fingerprint density at radius 1 is 1.38 bits per heavy atom. The third-order valence-corrected chi connectivity index (χ3v) is 5.50. The molecular formula is C20H24BrFN4O3. The van der Waals surface area contributed by atoms with Crippen LogP contribution in [0.3, 0.4) is 0 Å². The number of hydrogen-bond acceptors (Lipinski definition) is 4. The highest BCUT2D eigenvalue weighted by Crippen LogP contribution is 2.35. The smallest absolute Gasteiger partial charge is 0.318 e. The number of nitrogens with one attached hydrogen (secondary N) is 2. The first-order chi connectivity index (χ1) is 14.0. The van der Waals surface area contributed by atoms with E-state index in [9.17, 15) is 14.0 Å². The summed E-state index contributed by atoms with van der Waals surface area (Å²) >= 11 is 3.27. The second-order valence-corrected chi connectivity index (χ2v) is 7.81. The van der Waals surface area contributed by atoms with Gasteiger partial charge in [-0.25, -0.2) is 14.2 Å². The summed E-state index contributed by atoms with van der Waals surface area (Å²) in [7, 11) is 1.37. The van der Waals surface area contributed by atoms with Crippen molar-refractivity contribution >= 4 is 27.9 Å². The zero-order valence-corrected chi connectivity index (χ0v) is 17.8. The summed E-state index contributed by atoms with van der Waals surface area (Å²) in [6.45, 7) is 0.947. The Labute approximate surface area is 177 Å². The average molecular weight is 467 g/mol. The Balaban J connectivity index is 1.65. The predicted molar refractivity (Wildman–Crippen MR) is 109 cm³/mol. The fourth-order valence-corrected chi connectivity index (χ4v) is 3.84. The number of rotatable bonds is 7. The third-order valence-electron chi connectivity index (χ3n) is 5.00. The van der Waals surface area contributed by atoms with Gasteiger partial charge in [-0.2, -0.15) is 0 Å². The number of carbonyl (C=O) groups is 2. The molecule has 29 heavy (non-hydrogen) atoms. The molecule has 2 heterocycles. The minimum atomic E-state index is -0.586. The molecule has 2 N–H and O–H groups in total. The van der Waals surface area contributed by atoms with Crippen LogP contribution in [0.15, 0.2) is 29.0 Å². The number of aromatic amines is 1. The number of hydrogen-bond donors (Lipinski definition) is 2. The predicted octanol–water partition coefficient (Wildman–Crippen LogP) is 3.70. The number of urea groups is 1. The first-order valence-electron chi connectivity index (χ1n) is 9.59. The van der Waals surface area contributed by atoms with Crippen molar-refractivity contribution in [3.63, 3.8) is 0 Å². The van der Waals surface area contributed by atoms with E-state index in [-0.39, 0.29) is 17.8 Å². The van der Waals surface area contributed by atoms with Gasteiger partial charge in [0.2, 0.25) is 0 Å². The molecule has 0 saturated heterocycles. The monoisotopic (exact) mass is 466 g/mol. The Bertz CT molecular complexity index is 873. The van der Waals surface area contributed by atoms with Crippen LogP contribution < -0.4 is 5.32 Å². The number of carbonyl (C=O) groups excluding carboxylic acids is 2. The molecule has 1 unspecified atom stereocenters. The highest BCUT2D eigenvalue weighted by Gasteiger charge is 2.35. The molecule has 2 amide bonds. The lowest BCUT2D eigenvalue weighted by atomic mass is 9.95. The molecule has 0 radical (unpaired) electrons. The highest BCUT2D eigenvalue weighted by molar-refractivity contribution is 9.10. The van der Waals surface area contributed by atoms with Gasteiger partial charge in [0.05, 0.1) is 19.1 Å². The molecule has 7 nitrogen and oxygen atoms in total. The van der Waals surface area contributed by atoms with Gasteiger partial charge in [0, 0.05) is 41.7 Å². The van der Waals surface area contributed by atoms with E-state index >= 15 is 0 Å².